The van der Waals surface area contributed by atoms with E-state index in [1.807, 2.05) is 0 Å². The van der Waals surface area contributed by atoms with Gasteiger partial charge >= 0.3 is 77.6 Å². The van der Waals surface area contributed by atoms with Crippen molar-refractivity contribution in [3.63, 3.8) is 0 Å². The molecular formula is C52H71NO34. The molecule has 0 saturated carbocycles. The van der Waals surface area contributed by atoms with Crippen molar-refractivity contribution in [2.24, 2.45) is 0 Å². The Morgan fingerprint density at radius 2 is 0.529 bits per heavy atom. The van der Waals surface area contributed by atoms with Crippen molar-refractivity contribution in [3.8, 4) is 0 Å². The van der Waals surface area contributed by atoms with Crippen molar-refractivity contribution in [3.05, 3.63) is 0 Å². The van der Waals surface area contributed by atoms with Crippen molar-refractivity contribution in [2.45, 2.75) is 220 Å². The zero-order chi connectivity index (χ0) is 65.3. The Bertz CT molecular complexity index is 2540. The van der Waals surface area contributed by atoms with E-state index in [0.717, 1.165) is 96.9 Å². The van der Waals surface area contributed by atoms with Gasteiger partial charge < -0.3 is 100 Å². The fourth-order valence-corrected chi connectivity index (χ4v) is 9.43. The summed E-state index contributed by atoms with van der Waals surface area (Å²) >= 11 is 0. The molecule has 35 heteroatoms. The van der Waals surface area contributed by atoms with E-state index in [-0.39, 0.29) is 0 Å². The Morgan fingerprint density at radius 1 is 0.264 bits per heavy atom. The number of carbonyl (C=O) groups is 14. The zero-order valence-corrected chi connectivity index (χ0v) is 49.8. The van der Waals surface area contributed by atoms with Crippen LogP contribution in [0.4, 0.5) is 0 Å². The minimum atomic E-state index is -2.30. The van der Waals surface area contributed by atoms with Gasteiger partial charge in [-0.2, -0.15) is 0 Å². The second-order valence-electron chi connectivity index (χ2n) is 19.6. The molecule has 4 aliphatic rings. The van der Waals surface area contributed by atoms with Crippen LogP contribution in [0.2, 0.25) is 0 Å². The summed E-state index contributed by atoms with van der Waals surface area (Å²) in [6.45, 7) is 9.88. The van der Waals surface area contributed by atoms with Gasteiger partial charge in [0, 0.05) is 96.9 Å². The van der Waals surface area contributed by atoms with Crippen molar-refractivity contribution < 1.29 is 162 Å². The predicted molar refractivity (Wildman–Crippen MR) is 270 cm³/mol. The predicted octanol–water partition coefficient (Wildman–Crippen LogP) is -2.18. The van der Waals surface area contributed by atoms with Crippen LogP contribution in [0.5, 0.6) is 0 Å². The molecule has 0 aromatic rings. The second-order valence-corrected chi connectivity index (χ2v) is 19.6. The first-order valence-corrected chi connectivity index (χ1v) is 26.6. The lowest BCUT2D eigenvalue weighted by molar-refractivity contribution is -0.380. The number of amides is 1. The van der Waals surface area contributed by atoms with Gasteiger partial charge in [-0.15, -0.1) is 0 Å². The van der Waals surface area contributed by atoms with E-state index in [9.17, 15) is 67.1 Å². The van der Waals surface area contributed by atoms with Crippen molar-refractivity contribution in [1.82, 2.24) is 5.32 Å². The largest absolute Gasteiger partial charge is 0.463 e. The SMILES string of the molecule is CC(=O)NC1C(OC(C)=O)OC(COC(C)=O)[C@@H](O[C@@H]2OC(CO[C@H]3OC(COC(C)=O)[C@@H](OC(C)=O)[C@H](OC(C)=O)C3OC(C)=O)[C@@H](OC(C)=O)[C@H](O[C@H]3O[C@@H](COC(C)=O)[C@@H](OC(C)=O)C(OC(C)=O)C3OC(C)=O)C2OC(C)=O)[C@@H]1OC(C)=O. The molecule has 9 unspecified atom stereocenters. The highest BCUT2D eigenvalue weighted by Gasteiger charge is 2.61. The van der Waals surface area contributed by atoms with Gasteiger partial charge in [0.25, 0.3) is 0 Å². The van der Waals surface area contributed by atoms with Crippen LogP contribution < -0.4 is 5.32 Å². The molecule has 0 aromatic carbocycles. The highest BCUT2D eigenvalue weighted by Crippen LogP contribution is 2.39. The molecule has 4 aliphatic heterocycles. The molecule has 0 aliphatic carbocycles. The molecule has 1 N–H and O–H groups in total. The van der Waals surface area contributed by atoms with E-state index in [4.69, 9.17) is 94.7 Å². The van der Waals surface area contributed by atoms with E-state index in [1.54, 1.807) is 0 Å². The van der Waals surface area contributed by atoms with E-state index in [1.165, 1.54) is 0 Å². The maximum Gasteiger partial charge on any atom is 0.305 e. The summed E-state index contributed by atoms with van der Waals surface area (Å²) in [7, 11) is 0. The number of ether oxygens (including phenoxy) is 20. The van der Waals surface area contributed by atoms with Crippen molar-refractivity contribution in [2.75, 3.05) is 26.4 Å². The molecule has 488 valence electrons. The summed E-state index contributed by atoms with van der Waals surface area (Å²) < 4.78 is 116. The average Bonchev–Trinajstić information content (AvgIpc) is 0.959. The topological polar surface area (TPSA) is 436 Å². The number of hydrogen-bond acceptors (Lipinski definition) is 34. The van der Waals surface area contributed by atoms with Gasteiger partial charge in [-0.05, 0) is 0 Å². The number of carbonyl (C=O) groups excluding carboxylic acids is 14. The Hall–Kier alpha value is -7.70. The summed E-state index contributed by atoms with van der Waals surface area (Å²) in [6, 6.07) is -1.70. The first-order valence-electron chi connectivity index (χ1n) is 26.6. The maximum atomic E-state index is 13.5. The monoisotopic (exact) mass is 1250 g/mol. The average molecular weight is 1250 g/mol. The normalized spacial score (nSPS) is 31.9. The maximum absolute atomic E-state index is 13.5. The van der Waals surface area contributed by atoms with E-state index in [0.29, 0.717) is 0 Å². The molecule has 0 spiro atoms. The van der Waals surface area contributed by atoms with Gasteiger partial charge in [0.1, 0.15) is 62.5 Å². The Kier molecular flexibility index (Phi) is 27.1. The molecule has 20 atom stereocenters. The summed E-state index contributed by atoms with van der Waals surface area (Å²) in [5.41, 5.74) is 0. The lowest BCUT2D eigenvalue weighted by Crippen LogP contribution is -2.70. The Labute approximate surface area is 495 Å². The minimum absolute atomic E-state index is 0.737. The summed E-state index contributed by atoms with van der Waals surface area (Å²) in [4.78, 5) is 179. The van der Waals surface area contributed by atoms with Gasteiger partial charge in [-0.25, -0.2) is 0 Å². The van der Waals surface area contributed by atoms with Gasteiger partial charge in [0.05, 0.1) is 6.61 Å². The van der Waals surface area contributed by atoms with Crippen LogP contribution >= 0.6 is 0 Å². The van der Waals surface area contributed by atoms with Crippen LogP contribution in [0.3, 0.4) is 0 Å². The van der Waals surface area contributed by atoms with Gasteiger partial charge in [-0.3, -0.25) is 67.1 Å². The van der Waals surface area contributed by atoms with Crippen molar-refractivity contribution >= 4 is 83.5 Å². The Morgan fingerprint density at radius 3 is 0.885 bits per heavy atom. The third kappa shape index (κ3) is 21.9. The molecular weight excluding hydrogens is 1180 g/mol. The third-order valence-corrected chi connectivity index (χ3v) is 12.2. The summed E-state index contributed by atoms with van der Waals surface area (Å²) in [5.74, 6) is -14.3. The Balaban J connectivity index is 2.10. The molecule has 4 saturated heterocycles. The molecule has 0 radical (unpaired) electrons. The van der Waals surface area contributed by atoms with Crippen LogP contribution in [-0.2, 0) is 162 Å². The second kappa shape index (κ2) is 32.9. The number of nitrogens with one attached hydrogen (secondary N) is 1. The first-order chi connectivity index (χ1) is 40.6. The van der Waals surface area contributed by atoms with Gasteiger partial charge in [0.2, 0.25) is 12.2 Å². The quantitative estimate of drug-likeness (QED) is 0.0792. The van der Waals surface area contributed by atoms with Crippen LogP contribution in [-0.4, -0.2) is 233 Å². The molecule has 0 aromatic heterocycles. The fraction of sp³-hybridized carbons (Fsp3) is 0.731. The lowest BCUT2D eigenvalue weighted by atomic mass is 9.94. The minimum Gasteiger partial charge on any atom is -0.463 e. The van der Waals surface area contributed by atoms with Crippen molar-refractivity contribution in [1.29, 1.82) is 0 Å². The summed E-state index contributed by atoms with van der Waals surface area (Å²) in [6.07, 6.45) is -36.9. The van der Waals surface area contributed by atoms with E-state index >= 15 is 0 Å². The van der Waals surface area contributed by atoms with Crippen LogP contribution in [0.25, 0.3) is 0 Å². The smallest absolute Gasteiger partial charge is 0.305 e. The van der Waals surface area contributed by atoms with Crippen LogP contribution in [0.15, 0.2) is 0 Å². The van der Waals surface area contributed by atoms with Crippen LogP contribution in [0, 0.1) is 0 Å². The fourth-order valence-electron chi connectivity index (χ4n) is 9.43. The van der Waals surface area contributed by atoms with Crippen LogP contribution in [0.1, 0.15) is 96.9 Å². The first kappa shape index (κ1) is 71.8. The molecule has 1 amide bonds. The zero-order valence-electron chi connectivity index (χ0n) is 49.8. The molecule has 0 bridgehead atoms. The highest BCUT2D eigenvalue weighted by molar-refractivity contribution is 5.74. The number of hydrogen-bond donors (Lipinski definition) is 1. The van der Waals surface area contributed by atoms with Gasteiger partial charge in [-0.1, -0.05) is 0 Å². The van der Waals surface area contributed by atoms with E-state index in [2.05, 4.69) is 5.32 Å². The molecule has 87 heavy (non-hydrogen) atoms. The molecule has 4 rings (SSSR count). The highest BCUT2D eigenvalue weighted by atomic mass is 16.8. The molecule has 4 fully saturated rings. The third-order valence-electron chi connectivity index (χ3n) is 12.2. The lowest BCUT2D eigenvalue weighted by Gasteiger charge is -2.51. The standard InChI is InChI=1S/C52H71NO34/c1-19(54)53-37-42(75-26(8)61)38(33(15-68-20(2)55)82-49(37)81-32(14)67)86-51-48(80-31(13)66)45(87-52-47(79-30(12)65)44(77-28(10)63)40(73-24(6)59)35(84-52)17-70-22(4)57)41(74-25(7)60)36(85-51)18-71-50-46(78-29(11)64)43(76-27(9)62)39(72-23(5)58)34(83-50)16-69-21(3)56/h33-52H,15-18H2,1-14H3,(H,53,54)/t33?,34?,35-,36?,37?,38+,39+,40+,41+,42+,43-,44?,45-,46?,47?,48?,49?,50-,51-,52+/m0/s1. The molecule has 35 nitrogen and oxygen atoms in total. The number of esters is 13. The van der Waals surface area contributed by atoms with Gasteiger partial charge in [0.15, 0.2) is 73.8 Å². The van der Waals surface area contributed by atoms with E-state index < -0.39 is 233 Å². The summed E-state index contributed by atoms with van der Waals surface area (Å²) in [5, 5.41) is 2.46. The number of rotatable bonds is 24. The molecule has 4 heterocycles.